The van der Waals surface area contributed by atoms with E-state index in [0.717, 1.165) is 0 Å². The molecule has 0 aromatic heterocycles. The number of esters is 4. The van der Waals surface area contributed by atoms with Crippen molar-refractivity contribution in [1.29, 1.82) is 0 Å². The number of ether oxygens (including phenoxy) is 4. The zero-order chi connectivity index (χ0) is 20.5. The van der Waals surface area contributed by atoms with Gasteiger partial charge in [0, 0.05) is 6.42 Å². The molecule has 0 spiro atoms. The van der Waals surface area contributed by atoms with Gasteiger partial charge in [0.25, 0.3) is 0 Å². The van der Waals surface area contributed by atoms with E-state index in [2.05, 4.69) is 14.2 Å². The van der Waals surface area contributed by atoms with Crippen molar-refractivity contribution in [2.24, 2.45) is 10.8 Å². The molecule has 0 rings (SSSR count). The number of carbonyl (C=O) groups excluding carboxylic acids is 5. The van der Waals surface area contributed by atoms with E-state index in [4.69, 9.17) is 4.74 Å². The minimum absolute atomic E-state index is 0.386. The van der Waals surface area contributed by atoms with Gasteiger partial charge in [0.05, 0.1) is 17.3 Å². The maximum absolute atomic E-state index is 11.5. The third kappa shape index (κ3) is 9.75. The normalized spacial score (nSPS) is 11.3. The van der Waals surface area contributed by atoms with Crippen LogP contribution in [-0.2, 0) is 42.9 Å². The fourth-order valence-corrected chi connectivity index (χ4v) is 1.19. The standard InChI is InChI=1S/C17H26O9/c1-16(2,3)14(21)25-9-23-12(19)8-7-11(18)13(20)24-10-26-15(22)17(4,5)6/h7-10H2,1-6H3. The lowest BCUT2D eigenvalue weighted by molar-refractivity contribution is -0.175. The number of rotatable bonds is 8. The number of carbonyl (C=O) groups is 5. The van der Waals surface area contributed by atoms with E-state index in [1.807, 2.05) is 0 Å². The largest absolute Gasteiger partial charge is 0.428 e. The van der Waals surface area contributed by atoms with Crippen LogP contribution in [0.25, 0.3) is 0 Å². The summed E-state index contributed by atoms with van der Waals surface area (Å²) in [7, 11) is 0. The number of ketones is 1. The molecule has 0 aliphatic rings. The average Bonchev–Trinajstić information content (AvgIpc) is 2.50. The predicted octanol–water partition coefficient (Wildman–Crippen LogP) is 1.52. The van der Waals surface area contributed by atoms with Crippen LogP contribution in [0.1, 0.15) is 54.4 Å². The van der Waals surface area contributed by atoms with Crippen LogP contribution < -0.4 is 0 Å². The highest BCUT2D eigenvalue weighted by Crippen LogP contribution is 2.15. The van der Waals surface area contributed by atoms with Crippen molar-refractivity contribution in [3.8, 4) is 0 Å². The van der Waals surface area contributed by atoms with Gasteiger partial charge in [-0.25, -0.2) is 4.79 Å². The van der Waals surface area contributed by atoms with E-state index in [9.17, 15) is 24.0 Å². The van der Waals surface area contributed by atoms with Crippen LogP contribution >= 0.6 is 0 Å². The number of hydrogen-bond acceptors (Lipinski definition) is 9. The van der Waals surface area contributed by atoms with Crippen LogP contribution in [0.4, 0.5) is 0 Å². The third-order valence-electron chi connectivity index (χ3n) is 2.80. The van der Waals surface area contributed by atoms with Gasteiger partial charge < -0.3 is 18.9 Å². The van der Waals surface area contributed by atoms with Crippen molar-refractivity contribution in [1.82, 2.24) is 0 Å². The minimum Gasteiger partial charge on any atom is -0.428 e. The monoisotopic (exact) mass is 374 g/mol. The van der Waals surface area contributed by atoms with Crippen molar-refractivity contribution in [2.75, 3.05) is 13.6 Å². The average molecular weight is 374 g/mol. The van der Waals surface area contributed by atoms with E-state index in [-0.39, 0.29) is 6.42 Å². The smallest absolute Gasteiger partial charge is 0.377 e. The van der Waals surface area contributed by atoms with Gasteiger partial charge in [0.15, 0.2) is 0 Å². The molecule has 0 aromatic carbocycles. The van der Waals surface area contributed by atoms with Gasteiger partial charge in [0.2, 0.25) is 19.4 Å². The molecule has 0 atom stereocenters. The van der Waals surface area contributed by atoms with Crippen molar-refractivity contribution in [3.05, 3.63) is 0 Å². The fraction of sp³-hybridized carbons (Fsp3) is 0.706. The zero-order valence-electron chi connectivity index (χ0n) is 16.0. The molecule has 26 heavy (non-hydrogen) atoms. The summed E-state index contributed by atoms with van der Waals surface area (Å²) in [4.78, 5) is 57.3. The molecule has 9 nitrogen and oxygen atoms in total. The molecule has 0 saturated carbocycles. The highest BCUT2D eigenvalue weighted by atomic mass is 16.7. The van der Waals surface area contributed by atoms with Gasteiger partial charge in [-0.2, -0.15) is 0 Å². The molecule has 0 unspecified atom stereocenters. The van der Waals surface area contributed by atoms with Crippen LogP contribution in [0.3, 0.4) is 0 Å². The summed E-state index contributed by atoms with van der Waals surface area (Å²) in [6, 6.07) is 0. The second-order valence-corrected chi connectivity index (χ2v) is 7.47. The molecular weight excluding hydrogens is 348 g/mol. The predicted molar refractivity (Wildman–Crippen MR) is 87.3 cm³/mol. The van der Waals surface area contributed by atoms with Crippen LogP contribution in [0.5, 0.6) is 0 Å². The van der Waals surface area contributed by atoms with Crippen molar-refractivity contribution < 1.29 is 42.9 Å². The quantitative estimate of drug-likeness (QED) is 0.353. The maximum Gasteiger partial charge on any atom is 0.377 e. The number of Topliss-reactive ketones (excluding diaryl/α,β-unsaturated/α-hetero) is 1. The minimum atomic E-state index is -1.22. The van der Waals surface area contributed by atoms with Gasteiger partial charge in [0.1, 0.15) is 0 Å². The van der Waals surface area contributed by atoms with Gasteiger partial charge in [-0.15, -0.1) is 0 Å². The molecule has 0 fully saturated rings. The van der Waals surface area contributed by atoms with Crippen LogP contribution in [0.2, 0.25) is 0 Å². The Hall–Kier alpha value is -2.45. The van der Waals surface area contributed by atoms with E-state index in [0.29, 0.717) is 0 Å². The third-order valence-corrected chi connectivity index (χ3v) is 2.80. The topological polar surface area (TPSA) is 122 Å². The van der Waals surface area contributed by atoms with Gasteiger partial charge in [-0.1, -0.05) is 0 Å². The molecule has 0 saturated heterocycles. The summed E-state index contributed by atoms with van der Waals surface area (Å²) in [6.45, 7) is 8.51. The molecule has 0 aliphatic carbocycles. The SMILES string of the molecule is CC(C)(C)C(=O)OCOC(=O)CCC(=O)C(=O)OCOC(=O)C(C)(C)C. The first-order chi connectivity index (χ1) is 11.7. The van der Waals surface area contributed by atoms with Crippen molar-refractivity contribution in [2.45, 2.75) is 54.4 Å². The Balaban J connectivity index is 4.02. The van der Waals surface area contributed by atoms with Gasteiger partial charge in [-0.05, 0) is 41.5 Å². The Morgan fingerprint density at radius 3 is 1.46 bits per heavy atom. The highest BCUT2D eigenvalue weighted by Gasteiger charge is 2.25. The first-order valence-corrected chi connectivity index (χ1v) is 7.95. The zero-order valence-corrected chi connectivity index (χ0v) is 16.0. The molecule has 0 heterocycles. The Kier molecular flexibility index (Phi) is 8.95. The summed E-state index contributed by atoms with van der Waals surface area (Å²) >= 11 is 0. The Morgan fingerprint density at radius 2 is 1.04 bits per heavy atom. The first-order valence-electron chi connectivity index (χ1n) is 7.95. The fourth-order valence-electron chi connectivity index (χ4n) is 1.19. The molecule has 0 aliphatic heterocycles. The van der Waals surface area contributed by atoms with E-state index in [1.54, 1.807) is 41.5 Å². The summed E-state index contributed by atoms with van der Waals surface area (Å²) < 4.78 is 18.5. The number of hydrogen-bond donors (Lipinski definition) is 0. The van der Waals surface area contributed by atoms with Gasteiger partial charge in [-0.3, -0.25) is 19.2 Å². The molecule has 0 N–H and O–H groups in total. The van der Waals surface area contributed by atoms with Crippen LogP contribution in [0.15, 0.2) is 0 Å². The van der Waals surface area contributed by atoms with Crippen molar-refractivity contribution in [3.63, 3.8) is 0 Å². The van der Waals surface area contributed by atoms with Crippen LogP contribution in [-0.4, -0.2) is 43.2 Å². The van der Waals surface area contributed by atoms with Crippen molar-refractivity contribution >= 4 is 29.7 Å². The Labute approximate surface area is 152 Å². The summed E-state index contributed by atoms with van der Waals surface area (Å²) in [6.07, 6.45) is -0.832. The Bertz CT molecular complexity index is 550. The molecule has 0 aromatic rings. The molecule has 0 bridgehead atoms. The van der Waals surface area contributed by atoms with E-state index < -0.39 is 60.5 Å². The van der Waals surface area contributed by atoms with Gasteiger partial charge >= 0.3 is 23.9 Å². The van der Waals surface area contributed by atoms with E-state index in [1.165, 1.54) is 0 Å². The lowest BCUT2D eigenvalue weighted by Gasteiger charge is -2.16. The van der Waals surface area contributed by atoms with E-state index >= 15 is 0 Å². The second kappa shape index (κ2) is 9.88. The molecular formula is C17H26O9. The summed E-state index contributed by atoms with van der Waals surface area (Å²) in [5.74, 6) is -4.15. The maximum atomic E-state index is 11.5. The molecule has 0 amide bonds. The lowest BCUT2D eigenvalue weighted by Crippen LogP contribution is -2.26. The molecule has 9 heteroatoms. The summed E-state index contributed by atoms with van der Waals surface area (Å²) in [5, 5.41) is 0. The lowest BCUT2D eigenvalue weighted by atomic mass is 9.97. The summed E-state index contributed by atoms with van der Waals surface area (Å²) in [5.41, 5.74) is -1.50. The highest BCUT2D eigenvalue weighted by molar-refractivity contribution is 6.33. The Morgan fingerprint density at radius 1 is 0.615 bits per heavy atom. The van der Waals surface area contributed by atoms with Crippen LogP contribution in [0, 0.1) is 10.8 Å². The second-order valence-electron chi connectivity index (χ2n) is 7.47. The molecule has 148 valence electrons. The molecule has 0 radical (unpaired) electrons. The first kappa shape index (κ1) is 23.5.